The maximum Gasteiger partial charge on any atom is 0.334 e. The van der Waals surface area contributed by atoms with Gasteiger partial charge in [-0.15, -0.1) is 0 Å². The summed E-state index contributed by atoms with van der Waals surface area (Å²) in [6.45, 7) is 8.44. The second kappa shape index (κ2) is 25.6. The van der Waals surface area contributed by atoms with Gasteiger partial charge in [-0.2, -0.15) is 0 Å². The van der Waals surface area contributed by atoms with Gasteiger partial charge in [-0.25, -0.2) is 4.79 Å². The summed E-state index contributed by atoms with van der Waals surface area (Å²) in [5, 5.41) is 0. The highest BCUT2D eigenvalue weighted by molar-refractivity contribution is 5.90. The molecule has 0 aromatic carbocycles. The highest BCUT2D eigenvalue weighted by Gasteiger charge is 2.42. The molecule has 2 saturated heterocycles. The van der Waals surface area contributed by atoms with Gasteiger partial charge in [-0.05, 0) is 77.2 Å². The molecule has 0 aromatic rings. The molecule has 0 aliphatic carbocycles. The van der Waals surface area contributed by atoms with Gasteiger partial charge < -0.3 is 28.4 Å². The second-order valence-electron chi connectivity index (χ2n) is 15.8. The van der Waals surface area contributed by atoms with Crippen LogP contribution in [0.3, 0.4) is 0 Å². The first-order valence-corrected chi connectivity index (χ1v) is 21.3. The maximum atomic E-state index is 12.0. The van der Waals surface area contributed by atoms with Crippen LogP contribution in [0.1, 0.15) is 189 Å². The van der Waals surface area contributed by atoms with Crippen molar-refractivity contribution < 1.29 is 47.6 Å². The number of ether oxygens (including phenoxy) is 6. The summed E-state index contributed by atoms with van der Waals surface area (Å²) < 4.78 is 35.2. The van der Waals surface area contributed by atoms with Crippen molar-refractivity contribution in [1.29, 1.82) is 0 Å². The summed E-state index contributed by atoms with van der Waals surface area (Å²) in [6, 6.07) is 0. The quantitative estimate of drug-likeness (QED) is 0.0434. The first-order chi connectivity index (χ1) is 25.5. The minimum absolute atomic E-state index is 0.0283. The second-order valence-corrected chi connectivity index (χ2v) is 15.8. The van der Waals surface area contributed by atoms with Crippen LogP contribution in [-0.4, -0.2) is 72.7 Å². The van der Waals surface area contributed by atoms with Gasteiger partial charge in [0.05, 0.1) is 24.4 Å². The van der Waals surface area contributed by atoms with E-state index in [-0.39, 0.29) is 72.7 Å². The van der Waals surface area contributed by atoms with E-state index in [9.17, 15) is 19.2 Å². The number of carbonyl (C=O) groups is 4. The molecule has 10 nitrogen and oxygen atoms in total. The van der Waals surface area contributed by atoms with Gasteiger partial charge >= 0.3 is 23.9 Å². The fourth-order valence-electron chi connectivity index (χ4n) is 8.26. The molecule has 0 spiro atoms. The Labute approximate surface area is 320 Å². The number of esters is 4. The predicted octanol–water partition coefficient (Wildman–Crippen LogP) is 9.57. The standard InChI is InChI=1S/C43H72O10/c1-6-7-8-9-10-14-17-20-23-37(50-33(4)45)39-25-27-41(52-39)42-28-26-40(53-42)38(51-34(5)46)24-21-18-15-12-11-13-16-19-22-36(49-32(3)44)30-35-29-31(2)48-43(35)47/h29,31,36-42H,6-28,30H2,1-5H3/t31-,36+,37-,38+,39+,40+,41+,42+/m0/s1. The van der Waals surface area contributed by atoms with Gasteiger partial charge in [-0.3, -0.25) is 14.4 Å². The van der Waals surface area contributed by atoms with E-state index in [1.54, 1.807) is 0 Å². The van der Waals surface area contributed by atoms with Crippen LogP contribution in [0.5, 0.6) is 0 Å². The first-order valence-electron chi connectivity index (χ1n) is 21.3. The van der Waals surface area contributed by atoms with Crippen LogP contribution < -0.4 is 0 Å². The molecule has 3 rings (SSSR count). The van der Waals surface area contributed by atoms with Crippen LogP contribution in [0.2, 0.25) is 0 Å². The third-order valence-electron chi connectivity index (χ3n) is 10.9. The van der Waals surface area contributed by atoms with Crippen molar-refractivity contribution >= 4 is 23.9 Å². The number of rotatable bonds is 28. The molecule has 8 atom stereocenters. The van der Waals surface area contributed by atoms with Crippen molar-refractivity contribution in [2.45, 2.75) is 238 Å². The molecule has 0 unspecified atom stereocenters. The molecule has 0 radical (unpaired) electrons. The molecule has 2 fully saturated rings. The Balaban J connectivity index is 1.30. The van der Waals surface area contributed by atoms with Crippen molar-refractivity contribution in [1.82, 2.24) is 0 Å². The number of hydrogen-bond donors (Lipinski definition) is 0. The molecule has 0 aromatic heterocycles. The Hall–Kier alpha value is -2.46. The van der Waals surface area contributed by atoms with Crippen LogP contribution in [0.15, 0.2) is 11.6 Å². The van der Waals surface area contributed by atoms with E-state index in [4.69, 9.17) is 28.4 Å². The first kappa shape index (κ1) is 44.9. The van der Waals surface area contributed by atoms with Gasteiger partial charge in [0.15, 0.2) is 0 Å². The van der Waals surface area contributed by atoms with E-state index in [0.717, 1.165) is 109 Å². The largest absolute Gasteiger partial charge is 0.462 e. The average Bonchev–Trinajstić information content (AvgIpc) is 3.85. The third-order valence-corrected chi connectivity index (χ3v) is 10.9. The minimum Gasteiger partial charge on any atom is -0.462 e. The molecule has 3 aliphatic rings. The number of carbonyl (C=O) groups excluding carboxylic acids is 4. The molecule has 0 saturated carbocycles. The summed E-state index contributed by atoms with van der Waals surface area (Å²) in [5.41, 5.74) is 0.602. The lowest BCUT2D eigenvalue weighted by Gasteiger charge is -2.27. The molecule has 3 aliphatic heterocycles. The van der Waals surface area contributed by atoms with Crippen molar-refractivity contribution in [3.05, 3.63) is 11.6 Å². The number of cyclic esters (lactones) is 1. The van der Waals surface area contributed by atoms with Crippen LogP contribution >= 0.6 is 0 Å². The van der Waals surface area contributed by atoms with E-state index in [0.29, 0.717) is 12.0 Å². The smallest absolute Gasteiger partial charge is 0.334 e. The fraction of sp³-hybridized carbons (Fsp3) is 0.860. The van der Waals surface area contributed by atoms with Crippen molar-refractivity contribution in [3.63, 3.8) is 0 Å². The molecule has 304 valence electrons. The Morgan fingerprint density at radius 1 is 0.623 bits per heavy atom. The van der Waals surface area contributed by atoms with Gasteiger partial charge in [0.25, 0.3) is 0 Å². The maximum absolute atomic E-state index is 12.0. The topological polar surface area (TPSA) is 124 Å². The Morgan fingerprint density at radius 2 is 1.04 bits per heavy atom. The van der Waals surface area contributed by atoms with Gasteiger partial charge in [0, 0.05) is 32.8 Å². The molecule has 10 heteroatoms. The van der Waals surface area contributed by atoms with Crippen molar-refractivity contribution in [3.8, 4) is 0 Å². The SMILES string of the molecule is CCCCCCCCCC[C@H](OC(C)=O)[C@H]1CC[C@H]([C@H]2CC[C@H]([C@@H](CCCCCCCCCC[C@H](CC3=C[C@H](C)OC3=O)OC(C)=O)OC(C)=O)O2)O1. The molecule has 0 bridgehead atoms. The summed E-state index contributed by atoms with van der Waals surface area (Å²) in [5.74, 6) is -1.15. The minimum atomic E-state index is -0.322. The molecule has 3 heterocycles. The molecular formula is C43H72O10. The molecule has 53 heavy (non-hydrogen) atoms. The predicted molar refractivity (Wildman–Crippen MR) is 204 cm³/mol. The molecular weight excluding hydrogens is 676 g/mol. The molecule has 0 amide bonds. The van der Waals surface area contributed by atoms with E-state index >= 15 is 0 Å². The Morgan fingerprint density at radius 3 is 1.43 bits per heavy atom. The lowest BCUT2D eigenvalue weighted by molar-refractivity contribution is -0.164. The van der Waals surface area contributed by atoms with E-state index in [1.165, 1.54) is 59.3 Å². The zero-order valence-corrected chi connectivity index (χ0v) is 33.7. The van der Waals surface area contributed by atoms with Gasteiger partial charge in [-0.1, -0.05) is 90.4 Å². The number of hydrogen-bond acceptors (Lipinski definition) is 10. The monoisotopic (exact) mass is 749 g/mol. The summed E-state index contributed by atoms with van der Waals surface area (Å²) in [7, 11) is 0. The van der Waals surface area contributed by atoms with E-state index < -0.39 is 0 Å². The van der Waals surface area contributed by atoms with Crippen molar-refractivity contribution in [2.75, 3.05) is 0 Å². The summed E-state index contributed by atoms with van der Waals surface area (Å²) in [4.78, 5) is 47.5. The van der Waals surface area contributed by atoms with Crippen LogP contribution in [0, 0.1) is 0 Å². The van der Waals surface area contributed by atoms with E-state index in [2.05, 4.69) is 6.92 Å². The molecule has 0 N–H and O–H groups in total. The third kappa shape index (κ3) is 18.2. The highest BCUT2D eigenvalue weighted by Crippen LogP contribution is 2.36. The summed E-state index contributed by atoms with van der Waals surface area (Å²) >= 11 is 0. The zero-order chi connectivity index (χ0) is 38.4. The van der Waals surface area contributed by atoms with Gasteiger partial charge in [0.2, 0.25) is 0 Å². The van der Waals surface area contributed by atoms with Crippen LogP contribution in [0.25, 0.3) is 0 Å². The zero-order valence-electron chi connectivity index (χ0n) is 33.7. The lowest BCUT2D eigenvalue weighted by atomic mass is 9.99. The summed E-state index contributed by atoms with van der Waals surface area (Å²) in [6.07, 6.45) is 25.3. The Kier molecular flexibility index (Phi) is 21.7. The van der Waals surface area contributed by atoms with Gasteiger partial charge in [0.1, 0.15) is 24.4 Å². The Bertz CT molecular complexity index is 1120. The van der Waals surface area contributed by atoms with Crippen molar-refractivity contribution in [2.24, 2.45) is 0 Å². The average molecular weight is 749 g/mol. The lowest BCUT2D eigenvalue weighted by Crippen LogP contribution is -2.35. The number of unbranched alkanes of at least 4 members (excludes halogenated alkanes) is 14. The van der Waals surface area contributed by atoms with E-state index in [1.807, 2.05) is 13.0 Å². The van der Waals surface area contributed by atoms with Crippen LogP contribution in [0.4, 0.5) is 0 Å². The fourth-order valence-corrected chi connectivity index (χ4v) is 8.26. The highest BCUT2D eigenvalue weighted by atomic mass is 16.6. The normalized spacial score (nSPS) is 24.4. The van der Waals surface area contributed by atoms with Crippen LogP contribution in [-0.2, 0) is 47.6 Å².